The molecule has 0 spiro atoms. The molecule has 5 nitrogen and oxygen atoms in total. The minimum Gasteiger partial charge on any atom is -0.355 e. The highest BCUT2D eigenvalue weighted by Crippen LogP contribution is 2.22. The average molecular weight is 447 g/mol. The number of thioether (sulfide) groups is 1. The normalized spacial score (nSPS) is 15.8. The van der Waals surface area contributed by atoms with E-state index in [9.17, 15) is 13.2 Å². The summed E-state index contributed by atoms with van der Waals surface area (Å²) >= 11 is 1.72. The Morgan fingerprint density at radius 2 is 1.57 bits per heavy atom. The van der Waals surface area contributed by atoms with E-state index in [0.29, 0.717) is 32.5 Å². The second kappa shape index (κ2) is 10.5. The number of hydrogen-bond donors (Lipinski definition) is 1. The van der Waals surface area contributed by atoms with Crippen LogP contribution in [-0.4, -0.2) is 44.0 Å². The molecule has 1 N–H and O–H groups in total. The summed E-state index contributed by atoms with van der Waals surface area (Å²) in [6.07, 6.45) is 1.15. The third-order valence-corrected chi connectivity index (χ3v) is 8.24. The first-order chi connectivity index (χ1) is 14.3. The van der Waals surface area contributed by atoms with Crippen LogP contribution in [0.15, 0.2) is 53.4 Å². The van der Waals surface area contributed by atoms with Gasteiger partial charge in [-0.1, -0.05) is 47.5 Å². The smallest absolute Gasteiger partial charge is 0.223 e. The maximum atomic E-state index is 12.7. The highest BCUT2D eigenvalue weighted by Gasteiger charge is 2.31. The molecule has 0 bridgehead atoms. The SMILES string of the molecule is Cc1ccc(CS(=O)(=O)N2CCC(C(=O)NCCSc3ccc(C)cc3)CC2)cc1. The Morgan fingerprint density at radius 1 is 1.00 bits per heavy atom. The van der Waals surface area contributed by atoms with E-state index in [1.165, 1.54) is 14.8 Å². The van der Waals surface area contributed by atoms with Crippen molar-refractivity contribution in [2.24, 2.45) is 5.92 Å². The van der Waals surface area contributed by atoms with Gasteiger partial charge in [0.1, 0.15) is 0 Å². The fourth-order valence-corrected chi connectivity index (χ4v) is 5.84. The van der Waals surface area contributed by atoms with Gasteiger partial charge in [-0.05, 0) is 44.4 Å². The van der Waals surface area contributed by atoms with Crippen LogP contribution in [-0.2, 0) is 20.6 Å². The Hall–Kier alpha value is -1.83. The van der Waals surface area contributed by atoms with Crippen molar-refractivity contribution in [2.75, 3.05) is 25.4 Å². The second-order valence-corrected chi connectivity index (χ2v) is 11.0. The van der Waals surface area contributed by atoms with E-state index in [2.05, 4.69) is 36.5 Å². The average Bonchev–Trinajstić information content (AvgIpc) is 2.74. The molecule has 2 aromatic carbocycles. The minimum atomic E-state index is -3.35. The number of nitrogens with one attached hydrogen (secondary N) is 1. The van der Waals surface area contributed by atoms with Crippen molar-refractivity contribution in [2.45, 2.75) is 37.3 Å². The zero-order valence-corrected chi connectivity index (χ0v) is 19.3. The number of carbonyl (C=O) groups is 1. The molecule has 1 saturated heterocycles. The number of nitrogens with zero attached hydrogens (tertiary/aromatic N) is 1. The van der Waals surface area contributed by atoms with Gasteiger partial charge in [-0.2, -0.15) is 0 Å². The largest absolute Gasteiger partial charge is 0.355 e. The molecule has 0 atom stereocenters. The van der Waals surface area contributed by atoms with E-state index in [1.807, 2.05) is 31.2 Å². The first-order valence-electron chi connectivity index (χ1n) is 10.3. The lowest BCUT2D eigenvalue weighted by molar-refractivity contribution is -0.125. The van der Waals surface area contributed by atoms with E-state index in [-0.39, 0.29) is 17.6 Å². The summed E-state index contributed by atoms with van der Waals surface area (Å²) in [6.45, 7) is 5.47. The van der Waals surface area contributed by atoms with Crippen molar-refractivity contribution < 1.29 is 13.2 Å². The van der Waals surface area contributed by atoms with E-state index < -0.39 is 10.0 Å². The predicted molar refractivity (Wildman–Crippen MR) is 123 cm³/mol. The van der Waals surface area contributed by atoms with Crippen LogP contribution in [0.1, 0.15) is 29.5 Å². The lowest BCUT2D eigenvalue weighted by atomic mass is 9.97. The van der Waals surface area contributed by atoms with Crippen molar-refractivity contribution in [3.8, 4) is 0 Å². The van der Waals surface area contributed by atoms with Crippen molar-refractivity contribution in [3.63, 3.8) is 0 Å². The van der Waals surface area contributed by atoms with Gasteiger partial charge in [-0.3, -0.25) is 4.79 Å². The minimum absolute atomic E-state index is 0.0143. The predicted octanol–water partition coefficient (Wildman–Crippen LogP) is 3.75. The number of rotatable bonds is 8. The van der Waals surface area contributed by atoms with Crippen LogP contribution in [0.4, 0.5) is 0 Å². The molecule has 2 aromatic rings. The number of amides is 1. The van der Waals surface area contributed by atoms with Crippen LogP contribution in [0.3, 0.4) is 0 Å². The van der Waals surface area contributed by atoms with Gasteiger partial charge in [0.05, 0.1) is 5.75 Å². The molecular formula is C23H30N2O3S2. The Morgan fingerprint density at radius 3 is 2.17 bits per heavy atom. The van der Waals surface area contributed by atoms with Gasteiger partial charge in [0, 0.05) is 36.2 Å². The number of sulfonamides is 1. The van der Waals surface area contributed by atoms with E-state index >= 15 is 0 Å². The fraction of sp³-hybridized carbons (Fsp3) is 0.435. The molecule has 1 heterocycles. The number of aryl methyl sites for hydroxylation is 2. The second-order valence-electron chi connectivity index (χ2n) is 7.87. The molecule has 30 heavy (non-hydrogen) atoms. The Labute approximate surface area is 184 Å². The Kier molecular flexibility index (Phi) is 7.97. The lowest BCUT2D eigenvalue weighted by Gasteiger charge is -2.30. The number of benzene rings is 2. The van der Waals surface area contributed by atoms with Crippen LogP contribution in [0, 0.1) is 19.8 Å². The molecule has 0 aliphatic carbocycles. The highest BCUT2D eigenvalue weighted by atomic mass is 32.2. The summed E-state index contributed by atoms with van der Waals surface area (Å²) in [6, 6.07) is 15.9. The van der Waals surface area contributed by atoms with Crippen molar-refractivity contribution >= 4 is 27.7 Å². The van der Waals surface area contributed by atoms with Crippen LogP contribution in [0.2, 0.25) is 0 Å². The molecule has 7 heteroatoms. The summed E-state index contributed by atoms with van der Waals surface area (Å²) in [7, 11) is -3.35. The Balaban J connectivity index is 1.40. The van der Waals surface area contributed by atoms with Gasteiger partial charge in [0.15, 0.2) is 0 Å². The van der Waals surface area contributed by atoms with Crippen LogP contribution < -0.4 is 5.32 Å². The molecule has 3 rings (SSSR count). The summed E-state index contributed by atoms with van der Waals surface area (Å²) in [4.78, 5) is 13.6. The maximum Gasteiger partial charge on any atom is 0.223 e. The van der Waals surface area contributed by atoms with Gasteiger partial charge < -0.3 is 5.32 Å². The number of carbonyl (C=O) groups excluding carboxylic acids is 1. The first kappa shape index (κ1) is 22.8. The summed E-state index contributed by atoms with van der Waals surface area (Å²) in [5.41, 5.74) is 3.15. The van der Waals surface area contributed by atoms with Crippen LogP contribution >= 0.6 is 11.8 Å². The van der Waals surface area contributed by atoms with Crippen molar-refractivity contribution in [3.05, 3.63) is 65.2 Å². The highest BCUT2D eigenvalue weighted by molar-refractivity contribution is 7.99. The molecule has 0 aromatic heterocycles. The van der Waals surface area contributed by atoms with Gasteiger partial charge in [0.25, 0.3) is 0 Å². The van der Waals surface area contributed by atoms with Gasteiger partial charge in [-0.25, -0.2) is 12.7 Å². The monoisotopic (exact) mass is 446 g/mol. The summed E-state index contributed by atoms with van der Waals surface area (Å²) < 4.78 is 26.9. The fourth-order valence-electron chi connectivity index (χ4n) is 3.50. The third kappa shape index (κ3) is 6.59. The number of piperidine rings is 1. The summed E-state index contributed by atoms with van der Waals surface area (Å²) in [5, 5.41) is 3.00. The molecule has 0 saturated carbocycles. The Bertz CT molecular complexity index is 933. The lowest BCUT2D eigenvalue weighted by Crippen LogP contribution is -2.43. The summed E-state index contributed by atoms with van der Waals surface area (Å²) in [5.74, 6) is 0.758. The topological polar surface area (TPSA) is 66.5 Å². The molecule has 0 radical (unpaired) electrons. The molecule has 162 valence electrons. The quantitative estimate of drug-likeness (QED) is 0.495. The zero-order valence-electron chi connectivity index (χ0n) is 17.6. The van der Waals surface area contributed by atoms with Gasteiger partial charge in [-0.15, -0.1) is 11.8 Å². The first-order valence-corrected chi connectivity index (χ1v) is 12.9. The molecular weight excluding hydrogens is 416 g/mol. The van der Waals surface area contributed by atoms with Crippen LogP contribution in [0.25, 0.3) is 0 Å². The standard InChI is InChI=1S/C23H30N2O3S2/c1-18-3-7-20(8-4-18)17-30(27,28)25-14-11-21(12-15-25)23(26)24-13-16-29-22-9-5-19(2)6-10-22/h3-10,21H,11-17H2,1-2H3,(H,24,26). The van der Waals surface area contributed by atoms with Crippen LogP contribution in [0.5, 0.6) is 0 Å². The van der Waals surface area contributed by atoms with E-state index in [4.69, 9.17) is 0 Å². The number of hydrogen-bond acceptors (Lipinski definition) is 4. The molecule has 1 fully saturated rings. The van der Waals surface area contributed by atoms with E-state index in [0.717, 1.165) is 16.9 Å². The van der Waals surface area contributed by atoms with Crippen molar-refractivity contribution in [1.29, 1.82) is 0 Å². The zero-order chi connectivity index (χ0) is 21.6. The molecule has 0 unspecified atom stereocenters. The van der Waals surface area contributed by atoms with Crippen molar-refractivity contribution in [1.82, 2.24) is 9.62 Å². The van der Waals surface area contributed by atoms with Gasteiger partial charge >= 0.3 is 0 Å². The third-order valence-electron chi connectivity index (χ3n) is 5.38. The van der Waals surface area contributed by atoms with E-state index in [1.54, 1.807) is 11.8 Å². The van der Waals surface area contributed by atoms with Gasteiger partial charge in [0.2, 0.25) is 15.9 Å². The molecule has 1 aliphatic heterocycles. The molecule has 1 aliphatic rings. The maximum absolute atomic E-state index is 12.7. The molecule has 1 amide bonds.